The number of sulfone groups is 1. The Hall–Kier alpha value is -1.60. The van der Waals surface area contributed by atoms with Gasteiger partial charge in [0.25, 0.3) is 0 Å². The number of benzene rings is 2. The number of carbonyl (C=O) groups excluding carboxylic acids is 1. The molecule has 5 nitrogen and oxygen atoms in total. The highest BCUT2D eigenvalue weighted by atomic mass is 35.5. The Balaban J connectivity index is 2.03. The van der Waals surface area contributed by atoms with E-state index in [1.165, 1.54) is 6.07 Å². The molecular weight excluding hydrogens is 383 g/mol. The van der Waals surface area contributed by atoms with Gasteiger partial charge in [-0.3, -0.25) is 9.69 Å². The minimum absolute atomic E-state index is 0.0804. The molecule has 2 rings (SSSR count). The first kappa shape index (κ1) is 19.7. The molecule has 0 saturated heterocycles. The Morgan fingerprint density at radius 2 is 1.84 bits per heavy atom. The van der Waals surface area contributed by atoms with Crippen LogP contribution in [0, 0.1) is 0 Å². The van der Waals surface area contributed by atoms with Crippen molar-refractivity contribution in [3.63, 3.8) is 0 Å². The number of hydrogen-bond donors (Lipinski definition) is 1. The van der Waals surface area contributed by atoms with Crippen LogP contribution in [0.25, 0.3) is 0 Å². The van der Waals surface area contributed by atoms with Crippen molar-refractivity contribution < 1.29 is 13.2 Å². The molecule has 0 aliphatic rings. The van der Waals surface area contributed by atoms with E-state index >= 15 is 0 Å². The van der Waals surface area contributed by atoms with Crippen molar-refractivity contribution in [3.05, 3.63) is 58.1 Å². The number of para-hydroxylation sites is 1. The van der Waals surface area contributed by atoms with Gasteiger partial charge in [0.05, 0.1) is 17.1 Å². The van der Waals surface area contributed by atoms with E-state index in [4.69, 9.17) is 23.2 Å². The van der Waals surface area contributed by atoms with E-state index in [-0.39, 0.29) is 23.0 Å². The van der Waals surface area contributed by atoms with Gasteiger partial charge in [-0.05, 0) is 36.9 Å². The standard InChI is InChI=1S/C17H18Cl2N2O3S/c1-21(10-12-7-8-13(18)9-14(12)19)11-17(22)20-15-5-3-4-6-16(15)25(2,23)24/h3-9H,10-11H2,1-2H3,(H,20,22). The smallest absolute Gasteiger partial charge is 0.238 e. The SMILES string of the molecule is CN(CC(=O)Nc1ccccc1S(C)(=O)=O)Cc1ccc(Cl)cc1Cl. The molecule has 0 unspecified atom stereocenters. The summed E-state index contributed by atoms with van der Waals surface area (Å²) in [6.07, 6.45) is 1.10. The summed E-state index contributed by atoms with van der Waals surface area (Å²) < 4.78 is 23.6. The van der Waals surface area contributed by atoms with Gasteiger partial charge in [-0.25, -0.2) is 8.42 Å². The third kappa shape index (κ3) is 5.71. The van der Waals surface area contributed by atoms with Crippen LogP contribution in [0.5, 0.6) is 0 Å². The number of carbonyl (C=O) groups is 1. The number of anilines is 1. The lowest BCUT2D eigenvalue weighted by molar-refractivity contribution is -0.117. The maximum atomic E-state index is 12.2. The van der Waals surface area contributed by atoms with Gasteiger partial charge in [0.1, 0.15) is 0 Å². The van der Waals surface area contributed by atoms with Crippen LogP contribution in [0.4, 0.5) is 5.69 Å². The molecular formula is C17H18Cl2N2O3S. The molecule has 1 amide bonds. The predicted molar refractivity (Wildman–Crippen MR) is 101 cm³/mol. The lowest BCUT2D eigenvalue weighted by Crippen LogP contribution is -2.30. The minimum Gasteiger partial charge on any atom is -0.324 e. The van der Waals surface area contributed by atoms with Crippen molar-refractivity contribution in [1.82, 2.24) is 4.90 Å². The second-order valence-electron chi connectivity index (χ2n) is 5.72. The molecule has 2 aromatic rings. The summed E-state index contributed by atoms with van der Waals surface area (Å²) in [6, 6.07) is 11.5. The van der Waals surface area contributed by atoms with Crippen molar-refractivity contribution in [2.75, 3.05) is 25.2 Å². The quantitative estimate of drug-likeness (QED) is 0.805. The molecule has 2 aromatic carbocycles. The summed E-state index contributed by atoms with van der Waals surface area (Å²) in [7, 11) is -1.65. The van der Waals surface area contributed by atoms with Gasteiger partial charge in [0.15, 0.2) is 9.84 Å². The highest BCUT2D eigenvalue weighted by Gasteiger charge is 2.15. The molecule has 0 atom stereocenters. The first-order chi connectivity index (χ1) is 11.7. The molecule has 0 fully saturated rings. The van der Waals surface area contributed by atoms with Crippen molar-refractivity contribution >= 4 is 44.6 Å². The van der Waals surface area contributed by atoms with Crippen LogP contribution >= 0.6 is 23.2 Å². The number of amides is 1. The highest BCUT2D eigenvalue weighted by Crippen LogP contribution is 2.22. The van der Waals surface area contributed by atoms with Crippen molar-refractivity contribution in [2.24, 2.45) is 0 Å². The average Bonchev–Trinajstić information content (AvgIpc) is 2.49. The van der Waals surface area contributed by atoms with Crippen molar-refractivity contribution in [3.8, 4) is 0 Å². The van der Waals surface area contributed by atoms with Gasteiger partial charge in [-0.2, -0.15) is 0 Å². The fraction of sp³-hybridized carbons (Fsp3) is 0.235. The van der Waals surface area contributed by atoms with E-state index < -0.39 is 9.84 Å². The summed E-state index contributed by atoms with van der Waals surface area (Å²) in [5.74, 6) is -0.316. The molecule has 8 heteroatoms. The number of nitrogens with zero attached hydrogens (tertiary/aromatic N) is 1. The van der Waals surface area contributed by atoms with E-state index in [0.29, 0.717) is 16.6 Å². The maximum Gasteiger partial charge on any atom is 0.238 e. The predicted octanol–water partition coefficient (Wildman–Crippen LogP) is 3.47. The lowest BCUT2D eigenvalue weighted by atomic mass is 10.2. The molecule has 0 aliphatic heterocycles. The molecule has 0 bridgehead atoms. The number of rotatable bonds is 6. The first-order valence-electron chi connectivity index (χ1n) is 7.38. The van der Waals surface area contributed by atoms with Crippen LogP contribution in [-0.2, 0) is 21.2 Å². The Kier molecular flexibility index (Phi) is 6.46. The Bertz CT molecular complexity index is 885. The fourth-order valence-electron chi connectivity index (χ4n) is 2.32. The summed E-state index contributed by atoms with van der Waals surface area (Å²) in [5, 5.41) is 3.72. The third-order valence-corrected chi connectivity index (χ3v) is 5.17. The molecule has 0 radical (unpaired) electrons. The van der Waals surface area contributed by atoms with Crippen LogP contribution in [0.3, 0.4) is 0 Å². The number of likely N-dealkylation sites (N-methyl/N-ethyl adjacent to an activating group) is 1. The number of hydrogen-bond acceptors (Lipinski definition) is 4. The van der Waals surface area contributed by atoms with Crippen LogP contribution < -0.4 is 5.32 Å². The number of halogens is 2. The largest absolute Gasteiger partial charge is 0.324 e. The van der Waals surface area contributed by atoms with Gasteiger partial charge in [-0.15, -0.1) is 0 Å². The molecule has 0 saturated carbocycles. The Morgan fingerprint density at radius 3 is 2.48 bits per heavy atom. The molecule has 134 valence electrons. The molecule has 25 heavy (non-hydrogen) atoms. The molecule has 1 N–H and O–H groups in total. The van der Waals surface area contributed by atoms with E-state index in [0.717, 1.165) is 11.8 Å². The van der Waals surface area contributed by atoms with Crippen LogP contribution in [0.15, 0.2) is 47.4 Å². The fourth-order valence-corrected chi connectivity index (χ4v) is 3.64. The van der Waals surface area contributed by atoms with E-state index in [9.17, 15) is 13.2 Å². The van der Waals surface area contributed by atoms with Gasteiger partial charge >= 0.3 is 0 Å². The maximum absolute atomic E-state index is 12.2. The summed E-state index contributed by atoms with van der Waals surface area (Å²) in [6.45, 7) is 0.536. The second-order valence-corrected chi connectivity index (χ2v) is 8.55. The average molecular weight is 401 g/mol. The Labute approximate surface area is 157 Å². The molecule has 0 heterocycles. The van der Waals surface area contributed by atoms with E-state index in [1.54, 1.807) is 48.3 Å². The van der Waals surface area contributed by atoms with Crippen LogP contribution in [0.2, 0.25) is 10.0 Å². The van der Waals surface area contributed by atoms with Gasteiger partial charge in [0.2, 0.25) is 5.91 Å². The summed E-state index contributed by atoms with van der Waals surface area (Å²) >= 11 is 12.0. The third-order valence-electron chi connectivity index (χ3n) is 3.43. The van der Waals surface area contributed by atoms with Crippen molar-refractivity contribution in [2.45, 2.75) is 11.4 Å². The number of nitrogens with one attached hydrogen (secondary N) is 1. The van der Waals surface area contributed by atoms with Crippen molar-refractivity contribution in [1.29, 1.82) is 0 Å². The van der Waals surface area contributed by atoms with Gasteiger partial charge in [0, 0.05) is 22.8 Å². The molecule has 0 aliphatic carbocycles. The zero-order chi connectivity index (χ0) is 18.6. The zero-order valence-corrected chi connectivity index (χ0v) is 16.1. The molecule has 0 spiro atoms. The summed E-state index contributed by atoms with van der Waals surface area (Å²) in [4.78, 5) is 14.1. The lowest BCUT2D eigenvalue weighted by Gasteiger charge is -2.18. The highest BCUT2D eigenvalue weighted by molar-refractivity contribution is 7.90. The van der Waals surface area contributed by atoms with Crippen LogP contribution in [-0.4, -0.2) is 39.1 Å². The second kappa shape index (κ2) is 8.19. The monoisotopic (exact) mass is 400 g/mol. The van der Waals surface area contributed by atoms with E-state index in [1.807, 2.05) is 0 Å². The minimum atomic E-state index is -3.42. The molecule has 0 aromatic heterocycles. The zero-order valence-electron chi connectivity index (χ0n) is 13.8. The summed E-state index contributed by atoms with van der Waals surface area (Å²) in [5.41, 5.74) is 1.12. The van der Waals surface area contributed by atoms with Gasteiger partial charge < -0.3 is 5.32 Å². The topological polar surface area (TPSA) is 66.5 Å². The first-order valence-corrected chi connectivity index (χ1v) is 10.0. The van der Waals surface area contributed by atoms with E-state index in [2.05, 4.69) is 5.32 Å². The van der Waals surface area contributed by atoms with Gasteiger partial charge in [-0.1, -0.05) is 41.4 Å². The van der Waals surface area contributed by atoms with Crippen LogP contribution in [0.1, 0.15) is 5.56 Å². The Morgan fingerprint density at radius 1 is 1.16 bits per heavy atom. The normalized spacial score (nSPS) is 11.6.